The van der Waals surface area contributed by atoms with E-state index < -0.39 is 23.3 Å². The van der Waals surface area contributed by atoms with Crippen LogP contribution in [0, 0.1) is 11.7 Å². The lowest BCUT2D eigenvalue weighted by Crippen LogP contribution is -2.50. The molecule has 2 atom stereocenters. The molecule has 2 aromatic carbocycles. The number of carbonyl (C=O) groups excluding carboxylic acids is 3. The van der Waals surface area contributed by atoms with Gasteiger partial charge in [-0.2, -0.15) is 5.10 Å². The Bertz CT molecular complexity index is 1550. The minimum absolute atomic E-state index is 0.168. The van der Waals surface area contributed by atoms with Crippen LogP contribution in [0.15, 0.2) is 48.8 Å². The van der Waals surface area contributed by atoms with Crippen molar-refractivity contribution in [1.29, 1.82) is 0 Å². The van der Waals surface area contributed by atoms with Gasteiger partial charge in [-0.1, -0.05) is 18.2 Å². The molecule has 2 aliphatic carbocycles. The van der Waals surface area contributed by atoms with Gasteiger partial charge in [0.25, 0.3) is 5.91 Å². The summed E-state index contributed by atoms with van der Waals surface area (Å²) in [5, 5.41) is 7.21. The highest BCUT2D eigenvalue weighted by atomic mass is 19.1. The van der Waals surface area contributed by atoms with Gasteiger partial charge in [-0.05, 0) is 72.9 Å². The van der Waals surface area contributed by atoms with Gasteiger partial charge in [0.15, 0.2) is 0 Å². The number of fused-ring (bicyclic) bond motifs is 3. The molecule has 1 spiro atoms. The maximum atomic E-state index is 14.0. The van der Waals surface area contributed by atoms with E-state index in [4.69, 9.17) is 4.74 Å². The highest BCUT2D eigenvalue weighted by Gasteiger charge is 2.55. The molecule has 1 unspecified atom stereocenters. The van der Waals surface area contributed by atoms with Crippen molar-refractivity contribution in [2.45, 2.75) is 50.2 Å². The highest BCUT2D eigenvalue weighted by molar-refractivity contribution is 6.09. The minimum Gasteiger partial charge on any atom is -0.491 e. The number of carbonyl (C=O) groups is 3. The third kappa shape index (κ3) is 4.04. The lowest BCUT2D eigenvalue weighted by molar-refractivity contribution is -0.141. The molecule has 206 valence electrons. The van der Waals surface area contributed by atoms with E-state index in [1.807, 2.05) is 25.4 Å². The largest absolute Gasteiger partial charge is 0.491 e. The fourth-order valence-electron chi connectivity index (χ4n) is 6.52. The molecule has 4 amide bonds. The van der Waals surface area contributed by atoms with E-state index in [0.717, 1.165) is 52.8 Å². The van der Waals surface area contributed by atoms with Crippen molar-refractivity contribution in [2.75, 3.05) is 13.2 Å². The van der Waals surface area contributed by atoms with E-state index in [0.29, 0.717) is 24.3 Å². The van der Waals surface area contributed by atoms with Gasteiger partial charge in [0.05, 0.1) is 12.2 Å². The van der Waals surface area contributed by atoms with Crippen LogP contribution >= 0.6 is 0 Å². The van der Waals surface area contributed by atoms with Crippen molar-refractivity contribution < 1.29 is 23.5 Å². The third-order valence-corrected chi connectivity index (χ3v) is 8.73. The summed E-state index contributed by atoms with van der Waals surface area (Å²) < 4.78 is 21.7. The molecule has 3 heterocycles. The number of rotatable bonds is 4. The van der Waals surface area contributed by atoms with Gasteiger partial charge in [-0.15, -0.1) is 0 Å². The SMILES string of the molecule is Cn1cc(-c2ccc3c(c2)CCCC32NC(=O)N(CC(=O)N3Cc4cc(F)ccc4OC[C@H]3C3CC3)C2=O)cn1. The first-order valence-electron chi connectivity index (χ1n) is 13.8. The summed E-state index contributed by atoms with van der Waals surface area (Å²) in [6.45, 7) is 0.0942. The average Bonchev–Trinajstić information content (AvgIpc) is 3.68. The monoisotopic (exact) mass is 543 g/mol. The molecule has 4 aliphatic rings. The normalized spacial score (nSPS) is 23.9. The number of amides is 4. The van der Waals surface area contributed by atoms with Crippen molar-refractivity contribution in [3.63, 3.8) is 0 Å². The smallest absolute Gasteiger partial charge is 0.325 e. The van der Waals surface area contributed by atoms with Crippen LogP contribution in [0.5, 0.6) is 5.75 Å². The fourth-order valence-corrected chi connectivity index (χ4v) is 6.52. The van der Waals surface area contributed by atoms with Crippen LogP contribution < -0.4 is 10.1 Å². The molecule has 2 aliphatic heterocycles. The second-order valence-corrected chi connectivity index (χ2v) is 11.3. The van der Waals surface area contributed by atoms with Gasteiger partial charge in [0.2, 0.25) is 5.91 Å². The molecule has 0 radical (unpaired) electrons. The Balaban J connectivity index is 1.16. The van der Waals surface area contributed by atoms with Gasteiger partial charge in [-0.25, -0.2) is 9.18 Å². The molecule has 1 aromatic heterocycles. The zero-order valence-electron chi connectivity index (χ0n) is 22.2. The summed E-state index contributed by atoms with van der Waals surface area (Å²) in [7, 11) is 1.86. The molecule has 3 aromatic rings. The molecule has 0 bridgehead atoms. The Morgan fingerprint density at radius 1 is 1.15 bits per heavy atom. The maximum Gasteiger partial charge on any atom is 0.325 e. The van der Waals surface area contributed by atoms with Gasteiger partial charge in [0.1, 0.15) is 30.3 Å². The summed E-state index contributed by atoms with van der Waals surface area (Å²) in [5.41, 5.74) is 3.16. The Kier molecular flexibility index (Phi) is 5.69. The summed E-state index contributed by atoms with van der Waals surface area (Å²) in [4.78, 5) is 43.7. The minimum atomic E-state index is -1.19. The highest BCUT2D eigenvalue weighted by Crippen LogP contribution is 2.42. The molecule has 2 fully saturated rings. The summed E-state index contributed by atoms with van der Waals surface area (Å²) in [6, 6.07) is 9.48. The standard InChI is InChI=1S/C30H30FN5O4/c1-34-14-22(13-32-34)19-6-8-24-20(11-19)3-2-10-30(24)28(38)36(29(39)33-30)16-27(37)35-15-21-12-23(31)7-9-26(21)40-17-25(35)18-4-5-18/h6-9,11-14,18,25H,2-5,10,15-17H2,1H3,(H,33,39)/t25-,30?/m0/s1. The Hall–Kier alpha value is -4.21. The number of aromatic nitrogens is 2. The first-order chi connectivity index (χ1) is 19.3. The van der Waals surface area contributed by atoms with E-state index in [-0.39, 0.29) is 31.0 Å². The molecule has 9 nitrogen and oxygen atoms in total. The maximum absolute atomic E-state index is 14.0. The lowest BCUT2D eigenvalue weighted by Gasteiger charge is -2.34. The van der Waals surface area contributed by atoms with Crippen LogP contribution in [0.3, 0.4) is 0 Å². The number of urea groups is 1. The third-order valence-electron chi connectivity index (χ3n) is 8.73. The molecule has 7 rings (SSSR count). The number of hydrogen-bond donors (Lipinski definition) is 1. The predicted octanol–water partition coefficient (Wildman–Crippen LogP) is 3.51. The zero-order valence-corrected chi connectivity index (χ0v) is 22.2. The zero-order chi connectivity index (χ0) is 27.6. The van der Waals surface area contributed by atoms with Crippen LogP contribution in [0.1, 0.15) is 42.4 Å². The average molecular weight is 544 g/mol. The summed E-state index contributed by atoms with van der Waals surface area (Å²) in [5.74, 6) is -0.307. The Morgan fingerprint density at radius 3 is 2.77 bits per heavy atom. The van der Waals surface area contributed by atoms with E-state index in [1.165, 1.54) is 12.1 Å². The number of aryl methyl sites for hydroxylation is 2. The number of benzene rings is 2. The van der Waals surface area contributed by atoms with Crippen molar-refractivity contribution in [3.05, 3.63) is 71.3 Å². The molecule has 1 saturated heterocycles. The van der Waals surface area contributed by atoms with Crippen LogP contribution in [-0.2, 0) is 35.1 Å². The van der Waals surface area contributed by atoms with Crippen LogP contribution in [0.2, 0.25) is 0 Å². The van der Waals surface area contributed by atoms with Crippen molar-refractivity contribution >= 4 is 17.8 Å². The van der Waals surface area contributed by atoms with E-state index >= 15 is 0 Å². The van der Waals surface area contributed by atoms with Crippen LogP contribution in [0.25, 0.3) is 11.1 Å². The molecule has 10 heteroatoms. The van der Waals surface area contributed by atoms with E-state index in [1.54, 1.807) is 21.8 Å². The molecular weight excluding hydrogens is 513 g/mol. The number of hydrogen-bond acceptors (Lipinski definition) is 5. The van der Waals surface area contributed by atoms with Crippen molar-refractivity contribution in [3.8, 4) is 16.9 Å². The van der Waals surface area contributed by atoms with Crippen LogP contribution in [0.4, 0.5) is 9.18 Å². The number of nitrogens with one attached hydrogen (secondary N) is 1. The quantitative estimate of drug-likeness (QED) is 0.508. The molecule has 1 saturated carbocycles. The summed E-state index contributed by atoms with van der Waals surface area (Å²) >= 11 is 0. The number of imide groups is 1. The number of halogens is 1. The second kappa shape index (κ2) is 9.18. The fraction of sp³-hybridized carbons (Fsp3) is 0.400. The van der Waals surface area contributed by atoms with Gasteiger partial charge in [-0.3, -0.25) is 19.2 Å². The lowest BCUT2D eigenvalue weighted by atomic mass is 9.75. The van der Waals surface area contributed by atoms with Crippen molar-refractivity contribution in [2.24, 2.45) is 13.0 Å². The number of nitrogens with zero attached hydrogens (tertiary/aromatic N) is 4. The first-order valence-corrected chi connectivity index (χ1v) is 13.8. The van der Waals surface area contributed by atoms with Gasteiger partial charge < -0.3 is 15.0 Å². The topological polar surface area (TPSA) is 96.8 Å². The van der Waals surface area contributed by atoms with Crippen molar-refractivity contribution in [1.82, 2.24) is 24.9 Å². The number of ether oxygens (including phenoxy) is 1. The summed E-state index contributed by atoms with van der Waals surface area (Å²) in [6.07, 6.45) is 7.68. The molecule has 40 heavy (non-hydrogen) atoms. The van der Waals surface area contributed by atoms with E-state index in [9.17, 15) is 18.8 Å². The van der Waals surface area contributed by atoms with Crippen LogP contribution in [-0.4, -0.2) is 56.6 Å². The Labute approximate surface area is 230 Å². The molecule has 1 N–H and O–H groups in total. The second-order valence-electron chi connectivity index (χ2n) is 11.3. The van der Waals surface area contributed by atoms with Gasteiger partial charge >= 0.3 is 6.03 Å². The van der Waals surface area contributed by atoms with E-state index in [2.05, 4.69) is 16.5 Å². The van der Waals surface area contributed by atoms with Gasteiger partial charge in [0, 0.05) is 30.9 Å². The molecular formula is C30H30FN5O4. The predicted molar refractivity (Wildman–Crippen MR) is 142 cm³/mol. The first kappa shape index (κ1) is 24.8. The Morgan fingerprint density at radius 2 is 2.00 bits per heavy atom.